The molecule has 0 aliphatic heterocycles. The summed E-state index contributed by atoms with van der Waals surface area (Å²) in [5, 5.41) is 4.51. The number of carbonyl (C=O) groups excluding carboxylic acids is 2. The second-order valence-electron chi connectivity index (χ2n) is 8.35. The normalized spacial score (nSPS) is 11.2. The number of ether oxygens (including phenoxy) is 2. The molecule has 0 spiro atoms. The van der Waals surface area contributed by atoms with Crippen molar-refractivity contribution in [1.29, 1.82) is 0 Å². The third kappa shape index (κ3) is 7.85. The van der Waals surface area contributed by atoms with Crippen LogP contribution in [0.3, 0.4) is 0 Å². The van der Waals surface area contributed by atoms with Gasteiger partial charge in [0.05, 0.1) is 28.3 Å². The minimum absolute atomic E-state index is 0.126. The Morgan fingerprint density at radius 1 is 0.902 bits per heavy atom. The van der Waals surface area contributed by atoms with E-state index < -0.39 is 21.9 Å². The molecule has 4 aromatic rings. The summed E-state index contributed by atoms with van der Waals surface area (Å²) in [5.41, 5.74) is 3.69. The van der Waals surface area contributed by atoms with E-state index in [9.17, 15) is 18.0 Å². The summed E-state index contributed by atoms with van der Waals surface area (Å²) in [7, 11) is -3.75. The third-order valence-corrected chi connectivity index (χ3v) is 7.40. The number of esters is 1. The summed E-state index contributed by atoms with van der Waals surface area (Å²) < 4.78 is 38.5. The zero-order valence-electron chi connectivity index (χ0n) is 21.5. The van der Waals surface area contributed by atoms with Gasteiger partial charge in [-0.05, 0) is 85.3 Å². The fraction of sp³-hybridized carbons (Fsp3) is 0.0690. The van der Waals surface area contributed by atoms with Gasteiger partial charge in [0.2, 0.25) is 0 Å². The number of nitrogens with one attached hydrogen (secondary N) is 2. The minimum atomic E-state index is -3.75. The van der Waals surface area contributed by atoms with Crippen LogP contribution in [0.25, 0.3) is 0 Å². The highest BCUT2D eigenvalue weighted by Crippen LogP contribution is 2.30. The van der Waals surface area contributed by atoms with E-state index in [2.05, 4.69) is 15.2 Å². The summed E-state index contributed by atoms with van der Waals surface area (Å²) in [6.07, 6.45) is 1.39. The van der Waals surface area contributed by atoms with Crippen molar-refractivity contribution in [3.8, 4) is 11.5 Å². The molecule has 0 fully saturated rings. The molecule has 0 saturated heterocycles. The molecule has 0 unspecified atom stereocenters. The number of halogens is 2. The fourth-order valence-corrected chi connectivity index (χ4v) is 5.07. The van der Waals surface area contributed by atoms with Crippen molar-refractivity contribution in [2.24, 2.45) is 5.10 Å². The van der Waals surface area contributed by atoms with Gasteiger partial charge in [-0.15, -0.1) is 0 Å². The Hall–Kier alpha value is -4.38. The van der Waals surface area contributed by atoms with Crippen molar-refractivity contribution < 1.29 is 27.5 Å². The van der Waals surface area contributed by atoms with Gasteiger partial charge >= 0.3 is 5.97 Å². The summed E-state index contributed by atoms with van der Waals surface area (Å²) >= 11 is 12.0. The molecule has 0 aliphatic carbocycles. The van der Waals surface area contributed by atoms with E-state index in [-0.39, 0.29) is 32.5 Å². The van der Waals surface area contributed by atoms with Crippen LogP contribution in [0.1, 0.15) is 33.2 Å². The average molecular weight is 612 g/mol. The number of sulfonamides is 1. The molecule has 4 rings (SSSR count). The van der Waals surface area contributed by atoms with Crippen LogP contribution in [0, 0.1) is 0 Å². The van der Waals surface area contributed by atoms with Crippen LogP contribution in [0.5, 0.6) is 11.5 Å². The first kappa shape index (κ1) is 29.6. The number of carbonyl (C=O) groups is 2. The van der Waals surface area contributed by atoms with Crippen LogP contribution < -0.4 is 19.6 Å². The Morgan fingerprint density at radius 2 is 1.63 bits per heavy atom. The zero-order chi connectivity index (χ0) is 29.4. The van der Waals surface area contributed by atoms with E-state index in [4.69, 9.17) is 32.7 Å². The van der Waals surface area contributed by atoms with Crippen molar-refractivity contribution >= 4 is 57.0 Å². The van der Waals surface area contributed by atoms with Gasteiger partial charge in [-0.25, -0.2) is 18.6 Å². The molecular formula is C29H23Cl2N3O6S. The van der Waals surface area contributed by atoms with Gasteiger partial charge in [0.25, 0.3) is 15.9 Å². The molecule has 0 radical (unpaired) electrons. The molecular weight excluding hydrogens is 589 g/mol. The lowest BCUT2D eigenvalue weighted by Gasteiger charge is -2.12. The first-order valence-electron chi connectivity index (χ1n) is 12.1. The summed E-state index contributed by atoms with van der Waals surface area (Å²) in [5.74, 6) is -0.726. The van der Waals surface area contributed by atoms with Gasteiger partial charge in [0, 0.05) is 16.3 Å². The molecule has 12 heteroatoms. The van der Waals surface area contributed by atoms with Crippen molar-refractivity contribution in [2.45, 2.75) is 11.8 Å². The highest BCUT2D eigenvalue weighted by Gasteiger charge is 2.17. The number of hydrogen-bond donors (Lipinski definition) is 2. The largest absolute Gasteiger partial charge is 0.490 e. The SMILES string of the molecule is CCOc1cc(C=NNC(=O)c2ccc(NS(=O)(=O)c3ccccc3)cc2)ccc1OC(=O)c1ccc(Cl)cc1Cl. The second-order valence-corrected chi connectivity index (χ2v) is 10.9. The maximum atomic E-state index is 12.6. The smallest absolute Gasteiger partial charge is 0.345 e. The lowest BCUT2D eigenvalue weighted by atomic mass is 10.2. The molecule has 0 saturated carbocycles. The molecule has 0 heterocycles. The molecule has 4 aromatic carbocycles. The minimum Gasteiger partial charge on any atom is -0.490 e. The Kier molecular flexibility index (Phi) is 9.61. The van der Waals surface area contributed by atoms with Gasteiger partial charge in [0.15, 0.2) is 11.5 Å². The summed E-state index contributed by atoms with van der Waals surface area (Å²) in [6.45, 7) is 2.08. The maximum absolute atomic E-state index is 12.6. The molecule has 210 valence electrons. The fourth-order valence-electron chi connectivity index (χ4n) is 3.50. The lowest BCUT2D eigenvalue weighted by molar-refractivity contribution is 0.0728. The Bertz CT molecular complexity index is 1700. The number of rotatable bonds is 10. The van der Waals surface area contributed by atoms with Crippen LogP contribution in [0.15, 0.2) is 101 Å². The number of benzene rings is 4. The molecule has 2 N–H and O–H groups in total. The number of hydrazone groups is 1. The zero-order valence-corrected chi connectivity index (χ0v) is 23.8. The Labute approximate surface area is 246 Å². The van der Waals surface area contributed by atoms with Gasteiger partial charge in [-0.2, -0.15) is 5.10 Å². The van der Waals surface area contributed by atoms with E-state index in [0.29, 0.717) is 22.9 Å². The van der Waals surface area contributed by atoms with Crippen LogP contribution in [0.2, 0.25) is 10.0 Å². The van der Waals surface area contributed by atoms with Crippen LogP contribution in [-0.2, 0) is 10.0 Å². The predicted octanol–water partition coefficient (Wildman–Crippen LogP) is 6.18. The summed E-state index contributed by atoms with van der Waals surface area (Å²) in [6, 6.07) is 23.0. The Morgan fingerprint density at radius 3 is 2.32 bits per heavy atom. The molecule has 0 aromatic heterocycles. The lowest BCUT2D eigenvalue weighted by Crippen LogP contribution is -2.18. The molecule has 1 amide bonds. The van der Waals surface area contributed by atoms with Crippen molar-refractivity contribution in [1.82, 2.24) is 5.43 Å². The van der Waals surface area contributed by atoms with E-state index in [1.54, 1.807) is 37.3 Å². The van der Waals surface area contributed by atoms with Gasteiger partial charge in [-0.1, -0.05) is 41.4 Å². The predicted molar refractivity (Wildman–Crippen MR) is 158 cm³/mol. The number of amides is 1. The van der Waals surface area contributed by atoms with Crippen molar-refractivity contribution in [3.63, 3.8) is 0 Å². The van der Waals surface area contributed by atoms with Gasteiger partial charge < -0.3 is 9.47 Å². The van der Waals surface area contributed by atoms with E-state index >= 15 is 0 Å². The van der Waals surface area contributed by atoms with E-state index in [1.807, 2.05) is 0 Å². The molecule has 0 aliphatic rings. The molecule has 0 bridgehead atoms. The Balaban J connectivity index is 1.39. The third-order valence-electron chi connectivity index (χ3n) is 5.45. The quantitative estimate of drug-likeness (QED) is 0.0955. The molecule has 41 heavy (non-hydrogen) atoms. The van der Waals surface area contributed by atoms with Crippen molar-refractivity contribution in [3.05, 3.63) is 118 Å². The standard InChI is InChI=1S/C29H23Cl2N3O6S/c1-2-39-27-16-19(8-15-26(27)40-29(36)24-14-11-21(30)17-25(24)31)18-32-33-28(35)20-9-12-22(13-10-20)34-41(37,38)23-6-4-3-5-7-23/h3-18,34H,2H2,1H3,(H,33,35). The van der Waals surface area contributed by atoms with Crippen LogP contribution in [0.4, 0.5) is 5.69 Å². The average Bonchev–Trinajstić information content (AvgIpc) is 2.95. The molecule has 9 nitrogen and oxygen atoms in total. The topological polar surface area (TPSA) is 123 Å². The number of nitrogens with zero attached hydrogens (tertiary/aromatic N) is 1. The maximum Gasteiger partial charge on any atom is 0.345 e. The highest BCUT2D eigenvalue weighted by molar-refractivity contribution is 7.92. The van der Waals surface area contributed by atoms with Gasteiger partial charge in [-0.3, -0.25) is 9.52 Å². The van der Waals surface area contributed by atoms with E-state index in [0.717, 1.165) is 0 Å². The number of anilines is 1. The van der Waals surface area contributed by atoms with Crippen molar-refractivity contribution in [2.75, 3.05) is 11.3 Å². The highest BCUT2D eigenvalue weighted by atomic mass is 35.5. The molecule has 0 atom stereocenters. The van der Waals surface area contributed by atoms with Crippen LogP contribution >= 0.6 is 23.2 Å². The first-order valence-corrected chi connectivity index (χ1v) is 14.4. The van der Waals surface area contributed by atoms with E-state index in [1.165, 1.54) is 66.9 Å². The second kappa shape index (κ2) is 13.3. The summed E-state index contributed by atoms with van der Waals surface area (Å²) in [4.78, 5) is 25.3. The van der Waals surface area contributed by atoms with Crippen LogP contribution in [-0.4, -0.2) is 33.1 Å². The first-order chi connectivity index (χ1) is 19.7. The monoisotopic (exact) mass is 611 g/mol. The number of hydrogen-bond acceptors (Lipinski definition) is 7. The van der Waals surface area contributed by atoms with Gasteiger partial charge in [0.1, 0.15) is 0 Å².